The summed E-state index contributed by atoms with van der Waals surface area (Å²) < 4.78 is 42.2. The smallest absolute Gasteiger partial charge is 0.379 e. The van der Waals surface area contributed by atoms with Crippen LogP contribution >= 0.6 is 24.0 Å². The number of hydrogen-bond acceptors (Lipinski definition) is 3. The van der Waals surface area contributed by atoms with Crippen molar-refractivity contribution in [3.8, 4) is 0 Å². The number of morpholine rings is 1. The summed E-state index contributed by atoms with van der Waals surface area (Å²) in [6.07, 6.45) is -5.05. The van der Waals surface area contributed by atoms with Gasteiger partial charge in [0.05, 0.1) is 26.2 Å². The molecule has 1 aliphatic heterocycles. The highest BCUT2D eigenvalue weighted by atomic mass is 127. The van der Waals surface area contributed by atoms with Crippen molar-refractivity contribution in [3.63, 3.8) is 0 Å². The van der Waals surface area contributed by atoms with Crippen LogP contribution in [0, 0.1) is 0 Å². The number of ether oxygens (including phenoxy) is 1. The highest BCUT2D eigenvalue weighted by molar-refractivity contribution is 14.0. The van der Waals surface area contributed by atoms with Crippen LogP contribution in [-0.2, 0) is 17.8 Å². The van der Waals surface area contributed by atoms with E-state index >= 15 is 0 Å². The molecule has 0 spiro atoms. The number of hydrogen-bond donors (Lipinski definition) is 2. The fourth-order valence-corrected chi connectivity index (χ4v) is 2.68. The lowest BCUT2D eigenvalue weighted by molar-refractivity contribution is -0.132. The summed E-state index contributed by atoms with van der Waals surface area (Å²) in [5.41, 5.74) is 2.23. The summed E-state index contributed by atoms with van der Waals surface area (Å²) in [6, 6.07) is 8.14. The lowest BCUT2D eigenvalue weighted by Gasteiger charge is -2.26. The van der Waals surface area contributed by atoms with Gasteiger partial charge >= 0.3 is 6.18 Å². The predicted molar refractivity (Wildman–Crippen MR) is 111 cm³/mol. The van der Waals surface area contributed by atoms with E-state index in [1.807, 2.05) is 19.1 Å². The molecular formula is C18H28F3IN4O. The number of benzene rings is 1. The molecule has 2 rings (SSSR count). The van der Waals surface area contributed by atoms with Gasteiger partial charge in [0.25, 0.3) is 0 Å². The van der Waals surface area contributed by atoms with Crippen molar-refractivity contribution in [2.45, 2.75) is 32.6 Å². The third kappa shape index (κ3) is 10.2. The lowest BCUT2D eigenvalue weighted by Crippen LogP contribution is -2.38. The van der Waals surface area contributed by atoms with Crippen LogP contribution in [0.4, 0.5) is 13.2 Å². The first kappa shape index (κ1) is 24.0. The summed E-state index contributed by atoms with van der Waals surface area (Å²) in [6.45, 7) is 6.94. The number of halogens is 4. The van der Waals surface area contributed by atoms with Crippen molar-refractivity contribution in [1.82, 2.24) is 15.5 Å². The van der Waals surface area contributed by atoms with Gasteiger partial charge in [-0.25, -0.2) is 4.99 Å². The van der Waals surface area contributed by atoms with Gasteiger partial charge in [-0.1, -0.05) is 24.3 Å². The number of alkyl halides is 3. The average Bonchev–Trinajstić information content (AvgIpc) is 2.60. The molecule has 5 nitrogen and oxygen atoms in total. The summed E-state index contributed by atoms with van der Waals surface area (Å²) in [5, 5.41) is 5.69. The van der Waals surface area contributed by atoms with Crippen LogP contribution in [0.3, 0.4) is 0 Å². The minimum Gasteiger partial charge on any atom is -0.379 e. The maximum Gasteiger partial charge on any atom is 0.390 e. The molecule has 27 heavy (non-hydrogen) atoms. The van der Waals surface area contributed by atoms with Gasteiger partial charge in [0.1, 0.15) is 0 Å². The predicted octanol–water partition coefficient (Wildman–Crippen LogP) is 3.14. The van der Waals surface area contributed by atoms with Gasteiger partial charge in [0.2, 0.25) is 0 Å². The second-order valence-electron chi connectivity index (χ2n) is 6.20. The Bertz CT molecular complexity index is 578. The number of aliphatic imine (C=N–C) groups is 1. The van der Waals surface area contributed by atoms with E-state index in [4.69, 9.17) is 4.74 Å². The van der Waals surface area contributed by atoms with E-state index in [1.165, 1.54) is 5.56 Å². The van der Waals surface area contributed by atoms with E-state index < -0.39 is 12.6 Å². The third-order valence-corrected chi connectivity index (χ3v) is 3.97. The van der Waals surface area contributed by atoms with Crippen LogP contribution < -0.4 is 10.6 Å². The SMILES string of the molecule is CCNC(=NCc1cccc(CN2CCOCC2)c1)NCCC(F)(F)F.I. The number of rotatable bonds is 7. The molecule has 0 saturated carbocycles. The normalized spacial score (nSPS) is 15.9. The topological polar surface area (TPSA) is 48.9 Å². The number of guanidine groups is 1. The van der Waals surface area contributed by atoms with E-state index in [1.54, 1.807) is 0 Å². The fraction of sp³-hybridized carbons (Fsp3) is 0.611. The molecule has 0 bridgehead atoms. The standard InChI is InChI=1S/C18H27F3N4O.HI/c1-2-22-17(23-7-6-18(19,20)21)24-13-15-4-3-5-16(12-15)14-25-8-10-26-11-9-25;/h3-5,12H,2,6-11,13-14H2,1H3,(H2,22,23,24);1H. The molecule has 0 amide bonds. The van der Waals surface area contributed by atoms with Crippen molar-refractivity contribution >= 4 is 29.9 Å². The van der Waals surface area contributed by atoms with Gasteiger partial charge < -0.3 is 15.4 Å². The second-order valence-corrected chi connectivity index (χ2v) is 6.20. The zero-order chi connectivity index (χ0) is 18.8. The van der Waals surface area contributed by atoms with Gasteiger partial charge in [-0.3, -0.25) is 4.90 Å². The maximum absolute atomic E-state index is 12.3. The maximum atomic E-state index is 12.3. The Morgan fingerprint density at radius 1 is 1.19 bits per heavy atom. The van der Waals surface area contributed by atoms with E-state index in [0.29, 0.717) is 19.0 Å². The van der Waals surface area contributed by atoms with Crippen molar-refractivity contribution in [2.24, 2.45) is 4.99 Å². The highest BCUT2D eigenvalue weighted by Gasteiger charge is 2.26. The molecule has 1 saturated heterocycles. The Kier molecular flexibility index (Phi) is 11.0. The molecule has 1 aliphatic rings. The Morgan fingerprint density at radius 3 is 2.56 bits per heavy atom. The zero-order valence-corrected chi connectivity index (χ0v) is 17.8. The molecule has 2 N–H and O–H groups in total. The Labute approximate surface area is 175 Å². The van der Waals surface area contributed by atoms with E-state index in [2.05, 4.69) is 32.7 Å². The van der Waals surface area contributed by atoms with Crippen LogP contribution in [0.25, 0.3) is 0 Å². The van der Waals surface area contributed by atoms with Crippen LogP contribution in [0.2, 0.25) is 0 Å². The van der Waals surface area contributed by atoms with Crippen LogP contribution in [0.1, 0.15) is 24.5 Å². The quantitative estimate of drug-likeness (QED) is 0.343. The minimum absolute atomic E-state index is 0. The molecule has 1 aromatic rings. The average molecular weight is 500 g/mol. The van der Waals surface area contributed by atoms with E-state index in [-0.39, 0.29) is 30.5 Å². The largest absolute Gasteiger partial charge is 0.390 e. The van der Waals surface area contributed by atoms with Gasteiger partial charge in [-0.2, -0.15) is 13.2 Å². The molecule has 1 aromatic carbocycles. The van der Waals surface area contributed by atoms with Gasteiger partial charge in [-0.15, -0.1) is 24.0 Å². The van der Waals surface area contributed by atoms with Crippen molar-refractivity contribution in [1.29, 1.82) is 0 Å². The third-order valence-electron chi connectivity index (χ3n) is 3.97. The summed E-state index contributed by atoms with van der Waals surface area (Å²) >= 11 is 0. The van der Waals surface area contributed by atoms with Crippen LogP contribution in [0.15, 0.2) is 29.3 Å². The number of nitrogens with zero attached hydrogens (tertiary/aromatic N) is 2. The fourth-order valence-electron chi connectivity index (χ4n) is 2.68. The summed E-state index contributed by atoms with van der Waals surface area (Å²) in [5.74, 6) is 0.398. The van der Waals surface area contributed by atoms with Gasteiger partial charge in [0.15, 0.2) is 5.96 Å². The first-order valence-corrected chi connectivity index (χ1v) is 8.93. The molecule has 1 fully saturated rings. The molecule has 0 atom stereocenters. The van der Waals surface area contributed by atoms with Crippen molar-refractivity contribution in [2.75, 3.05) is 39.4 Å². The number of nitrogens with one attached hydrogen (secondary N) is 2. The zero-order valence-electron chi connectivity index (χ0n) is 15.5. The van der Waals surface area contributed by atoms with Gasteiger partial charge in [-0.05, 0) is 18.1 Å². The molecule has 0 aliphatic carbocycles. The Morgan fingerprint density at radius 2 is 1.89 bits per heavy atom. The first-order chi connectivity index (χ1) is 12.5. The van der Waals surface area contributed by atoms with Crippen LogP contribution in [-0.4, -0.2) is 56.4 Å². The molecule has 0 aromatic heterocycles. The van der Waals surface area contributed by atoms with E-state index in [9.17, 15) is 13.2 Å². The van der Waals surface area contributed by atoms with E-state index in [0.717, 1.165) is 38.4 Å². The minimum atomic E-state index is -4.17. The monoisotopic (exact) mass is 500 g/mol. The van der Waals surface area contributed by atoms with Crippen molar-refractivity contribution in [3.05, 3.63) is 35.4 Å². The summed E-state index contributed by atoms with van der Waals surface area (Å²) in [4.78, 5) is 6.73. The lowest BCUT2D eigenvalue weighted by atomic mass is 10.1. The Balaban J connectivity index is 0.00000364. The molecule has 154 valence electrons. The van der Waals surface area contributed by atoms with Gasteiger partial charge in [0, 0.05) is 32.7 Å². The van der Waals surface area contributed by atoms with Crippen molar-refractivity contribution < 1.29 is 17.9 Å². The summed E-state index contributed by atoms with van der Waals surface area (Å²) in [7, 11) is 0. The molecular weight excluding hydrogens is 472 g/mol. The molecule has 9 heteroatoms. The second kappa shape index (κ2) is 12.4. The molecule has 0 radical (unpaired) electrons. The van der Waals surface area contributed by atoms with Crippen LogP contribution in [0.5, 0.6) is 0 Å². The highest BCUT2D eigenvalue weighted by Crippen LogP contribution is 2.18. The molecule has 1 heterocycles. The molecule has 0 unspecified atom stereocenters. The first-order valence-electron chi connectivity index (χ1n) is 8.93. The Hall–Kier alpha value is -1.07.